The Labute approximate surface area is 126 Å². The molecule has 0 N–H and O–H groups in total. The third-order valence-corrected chi connectivity index (χ3v) is 5.28. The zero-order valence-corrected chi connectivity index (χ0v) is 12.7. The van der Waals surface area contributed by atoms with Gasteiger partial charge in [0.2, 0.25) is 11.8 Å². The molecule has 0 spiro atoms. The van der Waals surface area contributed by atoms with Gasteiger partial charge in [-0.15, -0.1) is 10.2 Å². The first-order valence-corrected chi connectivity index (χ1v) is 8.59. The van der Waals surface area contributed by atoms with E-state index < -0.39 is 0 Å². The molecule has 5 nitrogen and oxygen atoms in total. The Morgan fingerprint density at radius 2 is 1.86 bits per heavy atom. The molecule has 0 bridgehead atoms. The molecule has 1 saturated carbocycles. The number of likely N-dealkylation sites (tertiary alicyclic amines) is 1. The Morgan fingerprint density at radius 3 is 2.62 bits per heavy atom. The van der Waals surface area contributed by atoms with Crippen LogP contribution in [0.2, 0.25) is 0 Å². The third-order valence-electron chi connectivity index (χ3n) is 5.28. The number of hydrogen-bond donors (Lipinski definition) is 0. The van der Waals surface area contributed by atoms with E-state index >= 15 is 0 Å². The zero-order chi connectivity index (χ0) is 14.1. The fourth-order valence-electron chi connectivity index (χ4n) is 3.78. The van der Waals surface area contributed by atoms with Gasteiger partial charge in [0.05, 0.1) is 6.04 Å². The summed E-state index contributed by atoms with van der Waals surface area (Å²) in [7, 11) is 0. The molecule has 5 heteroatoms. The summed E-state index contributed by atoms with van der Waals surface area (Å²) in [5.41, 5.74) is 0. The molecule has 2 saturated heterocycles. The van der Waals surface area contributed by atoms with Gasteiger partial charge in [0.25, 0.3) is 0 Å². The van der Waals surface area contributed by atoms with Gasteiger partial charge in [-0.1, -0.05) is 12.8 Å². The molecule has 0 amide bonds. The highest BCUT2D eigenvalue weighted by atomic mass is 16.5. The van der Waals surface area contributed by atoms with Crippen molar-refractivity contribution in [3.63, 3.8) is 0 Å². The summed E-state index contributed by atoms with van der Waals surface area (Å²) in [4.78, 5) is 2.58. The molecule has 2 aliphatic heterocycles. The van der Waals surface area contributed by atoms with Gasteiger partial charge in [-0.25, -0.2) is 0 Å². The smallest absolute Gasteiger partial charge is 0.245 e. The van der Waals surface area contributed by atoms with Crippen LogP contribution in [0.4, 0.5) is 0 Å². The molecule has 0 unspecified atom stereocenters. The fraction of sp³-hybridized carbons (Fsp3) is 0.875. The van der Waals surface area contributed by atoms with E-state index in [2.05, 4.69) is 15.1 Å². The SMILES string of the molecule is C1CC(CN2CCCC[C@H]2c2nnc([C@H]3CCCO3)o2)C1. The quantitative estimate of drug-likeness (QED) is 0.852. The standard InChI is InChI=1S/C16H25N3O2/c1-2-9-19(11-12-5-3-6-12)13(7-1)15-17-18-16(21-15)14-8-4-10-20-14/h12-14H,1-11H2/t13-,14+/m0/s1. The minimum absolute atomic E-state index is 0.0370. The van der Waals surface area contributed by atoms with E-state index in [1.54, 1.807) is 0 Å². The van der Waals surface area contributed by atoms with Crippen LogP contribution in [0.1, 0.15) is 75.3 Å². The Balaban J connectivity index is 1.46. The first-order chi connectivity index (χ1) is 10.4. The second-order valence-electron chi connectivity index (χ2n) is 6.78. The lowest BCUT2D eigenvalue weighted by molar-refractivity contribution is 0.0703. The monoisotopic (exact) mass is 291 g/mol. The largest absolute Gasteiger partial charge is 0.421 e. The van der Waals surface area contributed by atoms with Crippen LogP contribution < -0.4 is 0 Å². The topological polar surface area (TPSA) is 51.4 Å². The molecule has 3 heterocycles. The van der Waals surface area contributed by atoms with Crippen molar-refractivity contribution >= 4 is 0 Å². The van der Waals surface area contributed by atoms with Gasteiger partial charge in [0.1, 0.15) is 6.10 Å². The summed E-state index contributed by atoms with van der Waals surface area (Å²) in [6.07, 6.45) is 10.1. The molecule has 4 rings (SSSR count). The Morgan fingerprint density at radius 1 is 0.952 bits per heavy atom. The minimum Gasteiger partial charge on any atom is -0.421 e. The number of aromatic nitrogens is 2. The van der Waals surface area contributed by atoms with Crippen molar-refractivity contribution in [2.45, 2.75) is 63.5 Å². The van der Waals surface area contributed by atoms with E-state index in [-0.39, 0.29) is 6.10 Å². The summed E-state index contributed by atoms with van der Waals surface area (Å²) < 4.78 is 11.6. The van der Waals surface area contributed by atoms with Gasteiger partial charge < -0.3 is 9.15 Å². The van der Waals surface area contributed by atoms with Gasteiger partial charge in [-0.05, 0) is 51.0 Å². The van der Waals surface area contributed by atoms with Crippen LogP contribution in [-0.4, -0.2) is 34.8 Å². The maximum absolute atomic E-state index is 5.98. The highest BCUT2D eigenvalue weighted by Gasteiger charge is 2.33. The van der Waals surface area contributed by atoms with Crippen LogP contribution >= 0.6 is 0 Å². The normalized spacial score (nSPS) is 31.4. The van der Waals surface area contributed by atoms with Crippen molar-refractivity contribution < 1.29 is 9.15 Å². The van der Waals surface area contributed by atoms with Gasteiger partial charge in [-0.2, -0.15) is 0 Å². The summed E-state index contributed by atoms with van der Waals surface area (Å²) >= 11 is 0. The van der Waals surface area contributed by atoms with E-state index in [1.807, 2.05) is 0 Å². The lowest BCUT2D eigenvalue weighted by atomic mass is 9.84. The highest BCUT2D eigenvalue weighted by Crippen LogP contribution is 2.36. The summed E-state index contributed by atoms with van der Waals surface area (Å²) in [5.74, 6) is 2.40. The third kappa shape index (κ3) is 2.86. The molecule has 21 heavy (non-hydrogen) atoms. The van der Waals surface area contributed by atoms with Crippen molar-refractivity contribution in [1.29, 1.82) is 0 Å². The molecule has 0 radical (unpaired) electrons. The Hall–Kier alpha value is -0.940. The van der Waals surface area contributed by atoms with Crippen LogP contribution in [0.3, 0.4) is 0 Å². The molecule has 2 atom stereocenters. The molecular formula is C16H25N3O2. The van der Waals surface area contributed by atoms with E-state index in [1.165, 1.54) is 45.2 Å². The lowest BCUT2D eigenvalue weighted by Gasteiger charge is -2.38. The molecule has 1 aromatic rings. The predicted molar refractivity (Wildman–Crippen MR) is 77.7 cm³/mol. The molecular weight excluding hydrogens is 266 g/mol. The van der Waals surface area contributed by atoms with Gasteiger partial charge in [0.15, 0.2) is 0 Å². The van der Waals surface area contributed by atoms with Crippen molar-refractivity contribution in [1.82, 2.24) is 15.1 Å². The van der Waals surface area contributed by atoms with Crippen LogP contribution in [0, 0.1) is 5.92 Å². The predicted octanol–water partition coefficient (Wildman–Crippen LogP) is 3.25. The number of ether oxygens (including phenoxy) is 1. The molecule has 3 aliphatic rings. The second-order valence-corrected chi connectivity index (χ2v) is 6.78. The number of nitrogens with zero attached hydrogens (tertiary/aromatic N) is 3. The van der Waals surface area contributed by atoms with Gasteiger partial charge in [0, 0.05) is 13.2 Å². The van der Waals surface area contributed by atoms with Gasteiger partial charge in [-0.3, -0.25) is 4.90 Å². The molecule has 1 aromatic heterocycles. The van der Waals surface area contributed by atoms with E-state index in [0.29, 0.717) is 11.9 Å². The van der Waals surface area contributed by atoms with Crippen molar-refractivity contribution in [3.8, 4) is 0 Å². The van der Waals surface area contributed by atoms with Crippen LogP contribution in [-0.2, 0) is 4.74 Å². The Bertz CT molecular complexity index is 466. The first-order valence-electron chi connectivity index (χ1n) is 8.59. The average molecular weight is 291 g/mol. The molecule has 116 valence electrons. The maximum atomic E-state index is 5.98. The summed E-state index contributed by atoms with van der Waals surface area (Å²) in [6.45, 7) is 3.21. The van der Waals surface area contributed by atoms with Crippen molar-refractivity contribution in [3.05, 3.63) is 11.8 Å². The van der Waals surface area contributed by atoms with E-state index in [9.17, 15) is 0 Å². The number of rotatable bonds is 4. The molecule has 3 fully saturated rings. The first kappa shape index (κ1) is 13.7. The average Bonchev–Trinajstić information content (AvgIpc) is 3.13. The second kappa shape index (κ2) is 6.05. The van der Waals surface area contributed by atoms with Crippen molar-refractivity contribution in [2.24, 2.45) is 5.92 Å². The fourth-order valence-corrected chi connectivity index (χ4v) is 3.78. The zero-order valence-electron chi connectivity index (χ0n) is 12.7. The highest BCUT2D eigenvalue weighted by molar-refractivity contribution is 4.96. The summed E-state index contributed by atoms with van der Waals surface area (Å²) in [5, 5.41) is 8.60. The minimum atomic E-state index is 0.0370. The Kier molecular flexibility index (Phi) is 3.95. The number of hydrogen-bond acceptors (Lipinski definition) is 5. The van der Waals surface area contributed by atoms with E-state index in [4.69, 9.17) is 9.15 Å². The van der Waals surface area contributed by atoms with E-state index in [0.717, 1.165) is 37.7 Å². The summed E-state index contributed by atoms with van der Waals surface area (Å²) in [6, 6.07) is 0.335. The molecule has 0 aromatic carbocycles. The molecule has 1 aliphatic carbocycles. The lowest BCUT2D eigenvalue weighted by Crippen LogP contribution is -2.38. The van der Waals surface area contributed by atoms with Gasteiger partial charge >= 0.3 is 0 Å². The number of piperidine rings is 1. The van der Waals surface area contributed by atoms with Crippen LogP contribution in [0.5, 0.6) is 0 Å². The van der Waals surface area contributed by atoms with Crippen molar-refractivity contribution in [2.75, 3.05) is 19.7 Å². The van der Waals surface area contributed by atoms with Crippen LogP contribution in [0.15, 0.2) is 4.42 Å². The maximum Gasteiger partial charge on any atom is 0.245 e. The van der Waals surface area contributed by atoms with Crippen LogP contribution in [0.25, 0.3) is 0 Å².